The summed E-state index contributed by atoms with van der Waals surface area (Å²) in [5, 5.41) is 11.2. The zero-order valence-corrected chi connectivity index (χ0v) is 15.2. The van der Waals surface area contributed by atoms with Gasteiger partial charge in [-0.2, -0.15) is 0 Å². The second-order valence-corrected chi connectivity index (χ2v) is 7.45. The van der Waals surface area contributed by atoms with Crippen molar-refractivity contribution in [2.45, 2.75) is 37.6 Å². The van der Waals surface area contributed by atoms with Gasteiger partial charge in [0.05, 0.1) is 17.4 Å². The summed E-state index contributed by atoms with van der Waals surface area (Å²) < 4.78 is 1.86. The molecule has 0 spiro atoms. The predicted molar refractivity (Wildman–Crippen MR) is 102 cm³/mol. The molecular formula is C21H21ClN2O2. The molecule has 2 aromatic carbocycles. The molecule has 4 nitrogen and oxygen atoms in total. The van der Waals surface area contributed by atoms with Gasteiger partial charge in [-0.3, -0.25) is 0 Å². The van der Waals surface area contributed by atoms with Gasteiger partial charge in [-0.05, 0) is 48.6 Å². The molecule has 0 radical (unpaired) electrons. The number of benzene rings is 2. The van der Waals surface area contributed by atoms with Crippen LogP contribution in [0.5, 0.6) is 0 Å². The van der Waals surface area contributed by atoms with Crippen molar-refractivity contribution in [3.05, 3.63) is 65.4 Å². The molecule has 26 heavy (non-hydrogen) atoms. The third-order valence-electron chi connectivity index (χ3n) is 5.64. The normalized spacial score (nSPS) is 17.9. The minimum Gasteiger partial charge on any atom is -0.479 e. The molecule has 1 aromatic heterocycles. The number of rotatable bonds is 4. The van der Waals surface area contributed by atoms with Crippen LogP contribution in [0.2, 0.25) is 5.02 Å². The molecule has 1 N–H and O–H groups in total. The first kappa shape index (κ1) is 17.1. The Balaban J connectivity index is 2.01. The Morgan fingerprint density at radius 2 is 1.77 bits per heavy atom. The van der Waals surface area contributed by atoms with Crippen LogP contribution in [-0.4, -0.2) is 20.6 Å². The summed E-state index contributed by atoms with van der Waals surface area (Å²) in [5.74, 6) is -0.831. The van der Waals surface area contributed by atoms with Crippen molar-refractivity contribution in [3.8, 4) is 0 Å². The van der Waals surface area contributed by atoms with E-state index in [0.717, 1.165) is 48.7 Å². The maximum absolute atomic E-state index is 12.9. The van der Waals surface area contributed by atoms with Crippen LogP contribution < -0.4 is 0 Å². The first-order valence-corrected chi connectivity index (χ1v) is 9.44. The van der Waals surface area contributed by atoms with Crippen LogP contribution in [0, 0.1) is 5.92 Å². The van der Waals surface area contributed by atoms with Crippen LogP contribution in [-0.2, 0) is 10.3 Å². The van der Waals surface area contributed by atoms with E-state index in [9.17, 15) is 9.90 Å². The molecular weight excluding hydrogens is 348 g/mol. The van der Waals surface area contributed by atoms with Crippen LogP contribution in [0.4, 0.5) is 0 Å². The Morgan fingerprint density at radius 3 is 2.46 bits per heavy atom. The average Bonchev–Trinajstić information content (AvgIpc) is 3.09. The minimum atomic E-state index is -1.18. The number of hydrogen-bond donors (Lipinski definition) is 1. The molecule has 1 heterocycles. The van der Waals surface area contributed by atoms with Crippen LogP contribution in [0.1, 0.15) is 37.7 Å². The van der Waals surface area contributed by atoms with E-state index in [1.54, 1.807) is 18.5 Å². The molecule has 134 valence electrons. The average molecular weight is 369 g/mol. The highest BCUT2D eigenvalue weighted by Gasteiger charge is 2.50. The Bertz CT molecular complexity index is 929. The lowest BCUT2D eigenvalue weighted by Crippen LogP contribution is -2.49. The first-order valence-electron chi connectivity index (χ1n) is 9.06. The van der Waals surface area contributed by atoms with Gasteiger partial charge in [-0.15, -0.1) is 0 Å². The Morgan fingerprint density at radius 1 is 1.08 bits per heavy atom. The SMILES string of the molecule is O=C(O)C(c1ccc(Cl)cc1)(C1CCCCC1)n1cnc2ccccc21. The zero-order chi connectivity index (χ0) is 18.1. The smallest absolute Gasteiger partial charge is 0.334 e. The highest BCUT2D eigenvalue weighted by atomic mass is 35.5. The number of nitrogens with zero attached hydrogens (tertiary/aromatic N) is 2. The van der Waals surface area contributed by atoms with Gasteiger partial charge in [-0.25, -0.2) is 9.78 Å². The number of aromatic nitrogens is 2. The summed E-state index contributed by atoms with van der Waals surface area (Å²) in [6.45, 7) is 0. The number of para-hydroxylation sites is 2. The summed E-state index contributed by atoms with van der Waals surface area (Å²) in [5.41, 5.74) is 1.23. The minimum absolute atomic E-state index is 0.00697. The quantitative estimate of drug-likeness (QED) is 0.697. The maximum Gasteiger partial charge on any atom is 0.334 e. The second kappa shape index (κ2) is 6.76. The molecule has 3 aromatic rings. The van der Waals surface area contributed by atoms with Crippen LogP contribution >= 0.6 is 11.6 Å². The third kappa shape index (κ3) is 2.60. The first-order chi connectivity index (χ1) is 12.6. The van der Waals surface area contributed by atoms with E-state index in [1.165, 1.54) is 0 Å². The number of carboxylic acids is 1. The van der Waals surface area contributed by atoms with Gasteiger partial charge in [0.15, 0.2) is 5.54 Å². The fourth-order valence-electron chi connectivity index (χ4n) is 4.44. The number of carboxylic acid groups (broad SMARTS) is 1. The van der Waals surface area contributed by atoms with Gasteiger partial charge in [-0.1, -0.05) is 55.1 Å². The van der Waals surface area contributed by atoms with Crippen molar-refractivity contribution < 1.29 is 9.90 Å². The van der Waals surface area contributed by atoms with Gasteiger partial charge in [0, 0.05) is 5.02 Å². The number of imidazole rings is 1. The molecule has 1 aliphatic carbocycles. The molecule has 0 saturated heterocycles. The van der Waals surface area contributed by atoms with Crippen molar-refractivity contribution >= 4 is 28.6 Å². The molecule has 4 rings (SSSR count). The van der Waals surface area contributed by atoms with E-state index in [2.05, 4.69) is 4.98 Å². The summed E-state index contributed by atoms with van der Waals surface area (Å²) in [7, 11) is 0. The largest absolute Gasteiger partial charge is 0.479 e. The van der Waals surface area contributed by atoms with Crippen LogP contribution in [0.15, 0.2) is 54.9 Å². The number of carbonyl (C=O) groups is 1. The van der Waals surface area contributed by atoms with Crippen molar-refractivity contribution in [1.82, 2.24) is 9.55 Å². The predicted octanol–water partition coefficient (Wildman–Crippen LogP) is 5.10. The number of halogens is 1. The second-order valence-electron chi connectivity index (χ2n) is 7.02. The van der Waals surface area contributed by atoms with Crippen molar-refractivity contribution in [2.75, 3.05) is 0 Å². The molecule has 5 heteroatoms. The van der Waals surface area contributed by atoms with Crippen molar-refractivity contribution in [2.24, 2.45) is 5.92 Å². The number of aliphatic carboxylic acids is 1. The maximum atomic E-state index is 12.9. The Labute approximate surface area is 157 Å². The summed E-state index contributed by atoms with van der Waals surface area (Å²) in [4.78, 5) is 17.3. The van der Waals surface area contributed by atoms with Crippen molar-refractivity contribution in [3.63, 3.8) is 0 Å². The molecule has 1 aliphatic rings. The molecule has 0 aliphatic heterocycles. The van der Waals surface area contributed by atoms with E-state index in [4.69, 9.17) is 11.6 Å². The summed E-state index contributed by atoms with van der Waals surface area (Å²) in [6, 6.07) is 15.0. The van der Waals surface area contributed by atoms with Gasteiger partial charge < -0.3 is 9.67 Å². The highest BCUT2D eigenvalue weighted by Crippen LogP contribution is 2.44. The molecule has 1 unspecified atom stereocenters. The Kier molecular flexibility index (Phi) is 4.45. The summed E-state index contributed by atoms with van der Waals surface area (Å²) in [6.07, 6.45) is 6.74. The zero-order valence-electron chi connectivity index (χ0n) is 14.4. The van der Waals surface area contributed by atoms with Crippen LogP contribution in [0.25, 0.3) is 11.0 Å². The topological polar surface area (TPSA) is 55.1 Å². The third-order valence-corrected chi connectivity index (χ3v) is 5.89. The number of fused-ring (bicyclic) bond motifs is 1. The van der Waals surface area contributed by atoms with Gasteiger partial charge >= 0.3 is 5.97 Å². The lowest BCUT2D eigenvalue weighted by Gasteiger charge is -2.41. The lowest BCUT2D eigenvalue weighted by molar-refractivity contribution is -0.148. The molecule has 0 amide bonds. The molecule has 0 bridgehead atoms. The van der Waals surface area contributed by atoms with Crippen molar-refractivity contribution in [1.29, 1.82) is 0 Å². The number of hydrogen-bond acceptors (Lipinski definition) is 2. The summed E-state index contributed by atoms with van der Waals surface area (Å²) >= 11 is 6.08. The molecule has 1 fully saturated rings. The van der Waals surface area contributed by atoms with Gasteiger partial charge in [0.25, 0.3) is 0 Å². The van der Waals surface area contributed by atoms with E-state index in [0.29, 0.717) is 5.02 Å². The standard InChI is InChI=1S/C21H21ClN2O2/c22-17-12-10-16(11-13-17)21(20(25)26,15-6-2-1-3-7-15)24-14-23-18-8-4-5-9-19(18)24/h4-5,8-15H,1-3,6-7H2,(H,25,26). The fourth-order valence-corrected chi connectivity index (χ4v) is 4.56. The molecule has 1 saturated carbocycles. The lowest BCUT2D eigenvalue weighted by atomic mass is 9.70. The molecule has 1 atom stereocenters. The monoisotopic (exact) mass is 368 g/mol. The van der Waals surface area contributed by atoms with Gasteiger partial charge in [0.1, 0.15) is 0 Å². The Hall–Kier alpha value is -2.33. The van der Waals surface area contributed by atoms with Gasteiger partial charge in [0.2, 0.25) is 0 Å². The van der Waals surface area contributed by atoms with E-state index in [-0.39, 0.29) is 5.92 Å². The van der Waals surface area contributed by atoms with E-state index in [1.807, 2.05) is 41.0 Å². The van der Waals surface area contributed by atoms with E-state index < -0.39 is 11.5 Å². The highest BCUT2D eigenvalue weighted by molar-refractivity contribution is 6.30. The fraction of sp³-hybridized carbons (Fsp3) is 0.333. The van der Waals surface area contributed by atoms with E-state index >= 15 is 0 Å². The van der Waals surface area contributed by atoms with Crippen LogP contribution in [0.3, 0.4) is 0 Å².